The molecule has 0 saturated heterocycles. The summed E-state index contributed by atoms with van der Waals surface area (Å²) in [5, 5.41) is 9.78. The zero-order valence-corrected chi connectivity index (χ0v) is 11.8. The third-order valence-corrected chi connectivity index (χ3v) is 3.53. The maximum Gasteiger partial charge on any atom is 0.279 e. The largest absolute Gasteiger partial charge is 0.324 e. The van der Waals surface area contributed by atoms with Crippen LogP contribution in [0, 0.1) is 0 Å². The number of amides is 1. The maximum absolute atomic E-state index is 12.5. The molecule has 3 N–H and O–H groups in total. The van der Waals surface area contributed by atoms with Crippen LogP contribution in [0.15, 0.2) is 53.3 Å². The molecule has 0 aliphatic heterocycles. The lowest BCUT2D eigenvalue weighted by Gasteiger charge is -2.04. The van der Waals surface area contributed by atoms with E-state index in [1.165, 1.54) is 0 Å². The second-order valence-corrected chi connectivity index (χ2v) is 5.00. The minimum absolute atomic E-state index is 0.139. The predicted molar refractivity (Wildman–Crippen MR) is 86.4 cm³/mol. The van der Waals surface area contributed by atoms with E-state index in [0.717, 1.165) is 11.0 Å². The van der Waals surface area contributed by atoms with Crippen molar-refractivity contribution < 1.29 is 4.79 Å². The standard InChI is InChI=1S/C16H11N5O2/c22-14-10-6-2-1-5-9(10)13(20-21-14)15(23)19-16-17-11-7-3-4-8-12(11)18-16/h1-8H,(H,21,22)(H2,17,18,19,23). The number of hydrogen-bond acceptors (Lipinski definition) is 4. The van der Waals surface area contributed by atoms with Crippen molar-refractivity contribution in [1.29, 1.82) is 0 Å². The van der Waals surface area contributed by atoms with Crippen LogP contribution in [0.1, 0.15) is 10.5 Å². The molecule has 2 heterocycles. The summed E-state index contributed by atoms with van der Waals surface area (Å²) in [6.45, 7) is 0. The molecule has 0 aliphatic carbocycles. The number of fused-ring (bicyclic) bond motifs is 2. The van der Waals surface area contributed by atoms with Crippen molar-refractivity contribution in [1.82, 2.24) is 20.2 Å². The lowest BCUT2D eigenvalue weighted by molar-refractivity contribution is 0.102. The Hall–Kier alpha value is -3.48. The topological polar surface area (TPSA) is 104 Å². The smallest absolute Gasteiger partial charge is 0.279 e. The molecular formula is C16H11N5O2. The van der Waals surface area contributed by atoms with E-state index < -0.39 is 5.91 Å². The van der Waals surface area contributed by atoms with Crippen molar-refractivity contribution in [3.05, 3.63) is 64.6 Å². The summed E-state index contributed by atoms with van der Waals surface area (Å²) in [4.78, 5) is 31.5. The van der Waals surface area contributed by atoms with Crippen LogP contribution in [0.25, 0.3) is 21.8 Å². The van der Waals surface area contributed by atoms with Crippen molar-refractivity contribution >= 4 is 33.7 Å². The molecule has 0 radical (unpaired) electrons. The van der Waals surface area contributed by atoms with Crippen molar-refractivity contribution in [3.63, 3.8) is 0 Å². The third kappa shape index (κ3) is 2.24. The van der Waals surface area contributed by atoms with Crippen LogP contribution in [0.4, 0.5) is 5.95 Å². The summed E-state index contributed by atoms with van der Waals surface area (Å²) in [6.07, 6.45) is 0. The Bertz CT molecular complexity index is 1060. The molecule has 7 nitrogen and oxygen atoms in total. The molecule has 4 rings (SSSR count). The van der Waals surface area contributed by atoms with E-state index in [4.69, 9.17) is 0 Å². The predicted octanol–water partition coefficient (Wildman–Crippen LogP) is 2.05. The molecule has 2 aromatic heterocycles. The van der Waals surface area contributed by atoms with Crippen molar-refractivity contribution in [2.75, 3.05) is 5.32 Å². The van der Waals surface area contributed by atoms with Gasteiger partial charge in [0.05, 0.1) is 16.4 Å². The average Bonchev–Trinajstić information content (AvgIpc) is 2.97. The van der Waals surface area contributed by atoms with E-state index >= 15 is 0 Å². The van der Waals surface area contributed by atoms with Crippen LogP contribution in [-0.4, -0.2) is 26.1 Å². The van der Waals surface area contributed by atoms with Gasteiger partial charge in [-0.15, -0.1) is 0 Å². The summed E-state index contributed by atoms with van der Waals surface area (Å²) >= 11 is 0. The Labute approximate surface area is 129 Å². The van der Waals surface area contributed by atoms with Crippen LogP contribution in [0.2, 0.25) is 0 Å². The fourth-order valence-corrected chi connectivity index (χ4v) is 2.47. The van der Waals surface area contributed by atoms with E-state index in [0.29, 0.717) is 16.7 Å². The van der Waals surface area contributed by atoms with E-state index in [1.54, 1.807) is 24.3 Å². The summed E-state index contributed by atoms with van der Waals surface area (Å²) in [5.41, 5.74) is 1.38. The van der Waals surface area contributed by atoms with Gasteiger partial charge in [0, 0.05) is 5.39 Å². The molecule has 23 heavy (non-hydrogen) atoms. The number of benzene rings is 2. The second-order valence-electron chi connectivity index (χ2n) is 5.00. The average molecular weight is 305 g/mol. The number of carbonyl (C=O) groups excluding carboxylic acids is 1. The fourth-order valence-electron chi connectivity index (χ4n) is 2.47. The summed E-state index contributed by atoms with van der Waals surface area (Å²) in [6, 6.07) is 14.3. The maximum atomic E-state index is 12.5. The first-order chi connectivity index (χ1) is 11.2. The fraction of sp³-hybridized carbons (Fsp3) is 0. The molecule has 0 fully saturated rings. The number of aromatic nitrogens is 4. The molecule has 4 aromatic rings. The third-order valence-electron chi connectivity index (χ3n) is 3.53. The first-order valence-electron chi connectivity index (χ1n) is 6.96. The lowest BCUT2D eigenvalue weighted by atomic mass is 10.1. The van der Waals surface area contributed by atoms with Crippen LogP contribution < -0.4 is 10.9 Å². The van der Waals surface area contributed by atoms with Gasteiger partial charge in [0.1, 0.15) is 0 Å². The first-order valence-corrected chi connectivity index (χ1v) is 6.96. The Balaban J connectivity index is 1.75. The minimum Gasteiger partial charge on any atom is -0.324 e. The number of nitrogens with zero attached hydrogens (tertiary/aromatic N) is 2. The van der Waals surface area contributed by atoms with Crippen LogP contribution >= 0.6 is 0 Å². The first kappa shape index (κ1) is 13.2. The number of anilines is 1. The molecule has 0 saturated carbocycles. The van der Waals surface area contributed by atoms with Gasteiger partial charge in [0.15, 0.2) is 5.69 Å². The van der Waals surface area contributed by atoms with E-state index in [9.17, 15) is 9.59 Å². The number of carbonyl (C=O) groups is 1. The van der Waals surface area contributed by atoms with Gasteiger partial charge in [0.2, 0.25) is 5.95 Å². The Morgan fingerprint density at radius 2 is 1.74 bits per heavy atom. The molecule has 0 bridgehead atoms. The summed E-state index contributed by atoms with van der Waals surface area (Å²) in [5.74, 6) is -0.121. The normalized spacial score (nSPS) is 11.0. The van der Waals surface area contributed by atoms with Crippen molar-refractivity contribution in [2.24, 2.45) is 0 Å². The highest BCUT2D eigenvalue weighted by molar-refractivity contribution is 6.10. The SMILES string of the molecule is O=C(Nc1nc2ccccc2[nH]1)c1n[nH]c(=O)c2ccccc12. The van der Waals surface area contributed by atoms with Gasteiger partial charge >= 0.3 is 0 Å². The van der Waals surface area contributed by atoms with Gasteiger partial charge in [-0.25, -0.2) is 10.1 Å². The minimum atomic E-state index is -0.448. The number of rotatable bonds is 2. The zero-order chi connectivity index (χ0) is 15.8. The Morgan fingerprint density at radius 3 is 2.57 bits per heavy atom. The van der Waals surface area contributed by atoms with Gasteiger partial charge in [-0.1, -0.05) is 30.3 Å². The highest BCUT2D eigenvalue weighted by Crippen LogP contribution is 2.16. The molecule has 0 unspecified atom stereocenters. The number of para-hydroxylation sites is 2. The summed E-state index contributed by atoms with van der Waals surface area (Å²) < 4.78 is 0. The number of nitrogens with one attached hydrogen (secondary N) is 3. The summed E-state index contributed by atoms with van der Waals surface area (Å²) in [7, 11) is 0. The van der Waals surface area contributed by atoms with E-state index in [1.807, 2.05) is 24.3 Å². The molecule has 1 amide bonds. The quantitative estimate of drug-likeness (QED) is 0.527. The van der Waals surface area contributed by atoms with Crippen LogP contribution in [-0.2, 0) is 0 Å². The van der Waals surface area contributed by atoms with Gasteiger partial charge in [-0.2, -0.15) is 5.10 Å². The van der Waals surface area contributed by atoms with Gasteiger partial charge in [-0.3, -0.25) is 14.9 Å². The molecule has 112 valence electrons. The van der Waals surface area contributed by atoms with Crippen LogP contribution in [0.3, 0.4) is 0 Å². The Morgan fingerprint density at radius 1 is 1.00 bits per heavy atom. The molecule has 2 aromatic carbocycles. The van der Waals surface area contributed by atoms with Gasteiger partial charge < -0.3 is 4.98 Å². The highest BCUT2D eigenvalue weighted by atomic mass is 16.2. The monoisotopic (exact) mass is 305 g/mol. The highest BCUT2D eigenvalue weighted by Gasteiger charge is 2.15. The molecule has 7 heteroatoms. The molecule has 0 atom stereocenters. The number of H-pyrrole nitrogens is 2. The second kappa shape index (κ2) is 5.06. The van der Waals surface area contributed by atoms with E-state index in [2.05, 4.69) is 25.5 Å². The number of aromatic amines is 2. The zero-order valence-electron chi connectivity index (χ0n) is 11.8. The molecule has 0 aliphatic rings. The molecular weight excluding hydrogens is 294 g/mol. The lowest BCUT2D eigenvalue weighted by Crippen LogP contribution is -2.19. The van der Waals surface area contributed by atoms with Gasteiger partial charge in [0.25, 0.3) is 11.5 Å². The van der Waals surface area contributed by atoms with Crippen LogP contribution in [0.5, 0.6) is 0 Å². The van der Waals surface area contributed by atoms with Gasteiger partial charge in [-0.05, 0) is 18.2 Å². The number of imidazole rings is 1. The van der Waals surface area contributed by atoms with Crippen molar-refractivity contribution in [3.8, 4) is 0 Å². The van der Waals surface area contributed by atoms with E-state index in [-0.39, 0.29) is 11.3 Å². The molecule has 0 spiro atoms. The Kier molecular flexibility index (Phi) is 2.90. The number of hydrogen-bond donors (Lipinski definition) is 3. The van der Waals surface area contributed by atoms with Crippen molar-refractivity contribution in [2.45, 2.75) is 0 Å².